The number of nitrogens with one attached hydrogen (secondary N) is 1. The van der Waals surface area contributed by atoms with Crippen LogP contribution in [0.15, 0.2) is 29.3 Å². The molecule has 0 unspecified atom stereocenters. The topological polar surface area (TPSA) is 80.0 Å². The summed E-state index contributed by atoms with van der Waals surface area (Å²) in [6.45, 7) is 3.28. The van der Waals surface area contributed by atoms with E-state index in [0.717, 1.165) is 50.0 Å². The third kappa shape index (κ3) is 5.66. The van der Waals surface area contributed by atoms with Crippen molar-refractivity contribution in [2.75, 3.05) is 26.7 Å². The molecule has 3 rings (SSSR count). The second-order valence-electron chi connectivity index (χ2n) is 7.50. The smallest absolute Gasteiger partial charge is 0.269 e. The van der Waals surface area contributed by atoms with Crippen LogP contribution < -0.4 is 5.32 Å². The van der Waals surface area contributed by atoms with E-state index in [2.05, 4.69) is 15.2 Å². The van der Waals surface area contributed by atoms with Gasteiger partial charge in [-0.05, 0) is 37.2 Å². The van der Waals surface area contributed by atoms with Gasteiger partial charge in [0, 0.05) is 45.4 Å². The minimum Gasteiger partial charge on any atom is -0.378 e. The van der Waals surface area contributed by atoms with Crippen molar-refractivity contribution in [1.82, 2.24) is 10.2 Å². The van der Waals surface area contributed by atoms with E-state index in [1.807, 2.05) is 6.07 Å². The van der Waals surface area contributed by atoms with Crippen LogP contribution in [0.5, 0.6) is 0 Å². The van der Waals surface area contributed by atoms with Crippen molar-refractivity contribution in [2.24, 2.45) is 10.9 Å². The maximum Gasteiger partial charge on any atom is 0.269 e. The lowest BCUT2D eigenvalue weighted by molar-refractivity contribution is -0.384. The van der Waals surface area contributed by atoms with E-state index in [1.54, 1.807) is 19.2 Å². The van der Waals surface area contributed by atoms with Crippen LogP contribution in [0.25, 0.3) is 0 Å². The Balaban J connectivity index is 1.43. The summed E-state index contributed by atoms with van der Waals surface area (Å²) in [4.78, 5) is 17.2. The number of benzene rings is 1. The third-order valence-electron chi connectivity index (χ3n) is 5.57. The number of nitrogens with zero attached hydrogens (tertiary/aromatic N) is 3. The number of ether oxygens (including phenoxy) is 1. The first-order valence-electron chi connectivity index (χ1n) is 9.96. The molecule has 2 fully saturated rings. The highest BCUT2D eigenvalue weighted by molar-refractivity contribution is 5.80. The van der Waals surface area contributed by atoms with Crippen molar-refractivity contribution in [3.8, 4) is 0 Å². The Morgan fingerprint density at radius 2 is 2.04 bits per heavy atom. The Labute approximate surface area is 161 Å². The molecule has 0 radical (unpaired) electrons. The lowest BCUT2D eigenvalue weighted by Crippen LogP contribution is -2.46. The number of hydrogen-bond donors (Lipinski definition) is 1. The summed E-state index contributed by atoms with van der Waals surface area (Å²) in [6.07, 6.45) is 7.77. The zero-order valence-electron chi connectivity index (χ0n) is 16.1. The van der Waals surface area contributed by atoms with Gasteiger partial charge in [-0.3, -0.25) is 15.1 Å². The molecule has 0 amide bonds. The molecule has 1 heterocycles. The molecule has 1 aromatic rings. The summed E-state index contributed by atoms with van der Waals surface area (Å²) in [5.41, 5.74) is 0.990. The zero-order chi connectivity index (χ0) is 19.1. The van der Waals surface area contributed by atoms with E-state index in [0.29, 0.717) is 12.6 Å². The molecule has 1 aliphatic heterocycles. The van der Waals surface area contributed by atoms with Gasteiger partial charge in [-0.2, -0.15) is 0 Å². The summed E-state index contributed by atoms with van der Waals surface area (Å²) in [6, 6.07) is 6.71. The highest BCUT2D eigenvalue weighted by Crippen LogP contribution is 2.26. The molecule has 0 bridgehead atoms. The van der Waals surface area contributed by atoms with E-state index >= 15 is 0 Å². The van der Waals surface area contributed by atoms with Crippen molar-refractivity contribution >= 4 is 11.6 Å². The number of aliphatic imine (C=N–C) groups is 1. The quantitative estimate of drug-likeness (QED) is 0.357. The van der Waals surface area contributed by atoms with Crippen LogP contribution in [0.1, 0.15) is 44.1 Å². The van der Waals surface area contributed by atoms with Gasteiger partial charge in [0.05, 0.1) is 11.0 Å². The molecule has 0 aromatic heterocycles. The Morgan fingerprint density at radius 1 is 1.30 bits per heavy atom. The van der Waals surface area contributed by atoms with Gasteiger partial charge in [-0.15, -0.1) is 0 Å². The number of rotatable bonds is 6. The van der Waals surface area contributed by atoms with E-state index in [9.17, 15) is 10.1 Å². The summed E-state index contributed by atoms with van der Waals surface area (Å²) in [5.74, 6) is 1.61. The van der Waals surface area contributed by atoms with Crippen molar-refractivity contribution in [1.29, 1.82) is 0 Å². The van der Waals surface area contributed by atoms with Crippen molar-refractivity contribution in [2.45, 2.75) is 51.2 Å². The highest BCUT2D eigenvalue weighted by atomic mass is 16.6. The molecule has 0 spiro atoms. The van der Waals surface area contributed by atoms with Gasteiger partial charge < -0.3 is 15.0 Å². The summed E-state index contributed by atoms with van der Waals surface area (Å²) < 4.78 is 6.14. The molecule has 7 nitrogen and oxygen atoms in total. The number of non-ortho nitro benzene ring substituents is 1. The molecule has 2 aliphatic rings. The monoisotopic (exact) mass is 374 g/mol. The minimum atomic E-state index is -0.366. The molecule has 7 heteroatoms. The molecular weight excluding hydrogens is 344 g/mol. The van der Waals surface area contributed by atoms with Gasteiger partial charge >= 0.3 is 0 Å². The Kier molecular flexibility index (Phi) is 7.04. The first-order chi connectivity index (χ1) is 13.2. The van der Waals surface area contributed by atoms with Gasteiger partial charge in [-0.1, -0.05) is 25.0 Å². The first kappa shape index (κ1) is 19.6. The van der Waals surface area contributed by atoms with E-state index in [4.69, 9.17) is 4.74 Å². The fourth-order valence-electron chi connectivity index (χ4n) is 3.98. The zero-order valence-corrected chi connectivity index (χ0v) is 16.1. The predicted molar refractivity (Wildman–Crippen MR) is 106 cm³/mol. The molecule has 148 valence electrons. The number of nitro benzene ring substituents is 1. The normalized spacial score (nSPS) is 19.4. The summed E-state index contributed by atoms with van der Waals surface area (Å²) in [5, 5.41) is 14.2. The van der Waals surface area contributed by atoms with Crippen molar-refractivity contribution < 1.29 is 9.66 Å². The van der Waals surface area contributed by atoms with Crippen molar-refractivity contribution in [3.63, 3.8) is 0 Å². The number of nitro groups is 1. The van der Waals surface area contributed by atoms with Crippen LogP contribution in [0.3, 0.4) is 0 Å². The molecule has 1 aromatic carbocycles. The molecule has 0 atom stereocenters. The fourth-order valence-corrected chi connectivity index (χ4v) is 3.98. The largest absolute Gasteiger partial charge is 0.378 e. The standard InChI is InChI=1S/C20H30N4O3/c1-21-20(22-14-17-7-4-8-18(13-17)24(25)26)23-11-9-19(10-12-23)27-15-16-5-2-3-6-16/h4,7-8,13,16,19H,2-3,5-6,9-12,14-15H2,1H3,(H,21,22). The van der Waals surface area contributed by atoms with Gasteiger partial charge in [-0.25, -0.2) is 0 Å². The number of piperidine rings is 1. The Hall–Kier alpha value is -2.15. The predicted octanol–water partition coefficient (Wildman–Crippen LogP) is 3.34. The Bertz CT molecular complexity index is 650. The second kappa shape index (κ2) is 9.69. The maximum absolute atomic E-state index is 10.9. The van der Waals surface area contributed by atoms with E-state index < -0.39 is 0 Å². The average Bonchev–Trinajstić information content (AvgIpc) is 3.21. The van der Waals surface area contributed by atoms with Crippen molar-refractivity contribution in [3.05, 3.63) is 39.9 Å². The van der Waals surface area contributed by atoms with Crippen LogP contribution in [0.2, 0.25) is 0 Å². The summed E-state index contributed by atoms with van der Waals surface area (Å²) >= 11 is 0. The number of guanidine groups is 1. The fraction of sp³-hybridized carbons (Fsp3) is 0.650. The van der Waals surface area contributed by atoms with Crippen LogP contribution in [0.4, 0.5) is 5.69 Å². The highest BCUT2D eigenvalue weighted by Gasteiger charge is 2.23. The van der Waals surface area contributed by atoms with Crippen LogP contribution in [-0.2, 0) is 11.3 Å². The van der Waals surface area contributed by atoms with Crippen LogP contribution in [-0.4, -0.2) is 48.6 Å². The number of likely N-dealkylation sites (tertiary alicyclic amines) is 1. The SMILES string of the molecule is CN=C(NCc1cccc([N+](=O)[O-])c1)N1CCC(OCC2CCCC2)CC1. The molecule has 27 heavy (non-hydrogen) atoms. The van der Waals surface area contributed by atoms with Gasteiger partial charge in [0.25, 0.3) is 5.69 Å². The molecule has 1 N–H and O–H groups in total. The second-order valence-corrected chi connectivity index (χ2v) is 7.50. The minimum absolute atomic E-state index is 0.115. The molecule has 1 saturated heterocycles. The van der Waals surface area contributed by atoms with E-state index in [1.165, 1.54) is 31.7 Å². The molecule has 1 saturated carbocycles. The number of hydrogen-bond acceptors (Lipinski definition) is 4. The third-order valence-corrected chi connectivity index (χ3v) is 5.57. The molecular formula is C20H30N4O3. The first-order valence-corrected chi connectivity index (χ1v) is 9.96. The van der Waals surface area contributed by atoms with Gasteiger partial charge in [0.15, 0.2) is 5.96 Å². The van der Waals surface area contributed by atoms with Gasteiger partial charge in [0.2, 0.25) is 0 Å². The average molecular weight is 374 g/mol. The lowest BCUT2D eigenvalue weighted by atomic mass is 10.1. The summed E-state index contributed by atoms with van der Waals surface area (Å²) in [7, 11) is 1.78. The van der Waals surface area contributed by atoms with Gasteiger partial charge in [0.1, 0.15) is 0 Å². The maximum atomic E-state index is 10.9. The Morgan fingerprint density at radius 3 is 2.70 bits per heavy atom. The van der Waals surface area contributed by atoms with E-state index in [-0.39, 0.29) is 10.6 Å². The lowest BCUT2D eigenvalue weighted by Gasteiger charge is -2.34. The molecule has 1 aliphatic carbocycles. The van der Waals surface area contributed by atoms with Crippen LogP contribution in [0, 0.1) is 16.0 Å². The van der Waals surface area contributed by atoms with Crippen LogP contribution >= 0.6 is 0 Å².